The van der Waals surface area contributed by atoms with Crippen LogP contribution in [0, 0.1) is 29.6 Å². The molecule has 0 aromatic heterocycles. The lowest BCUT2D eigenvalue weighted by molar-refractivity contribution is -0.270. The topological polar surface area (TPSA) is 513 Å². The summed E-state index contributed by atoms with van der Waals surface area (Å²) in [5, 5.41) is 115. The number of aliphatic hydroxyl groups is 5. The maximum Gasteiger partial charge on any atom is 0.264 e. The second-order valence-corrected chi connectivity index (χ2v) is 32.1. The summed E-state index contributed by atoms with van der Waals surface area (Å²) in [5.41, 5.74) is 3.67. The molecule has 6 aromatic carbocycles. The number of benzene rings is 6. The number of ether oxygens (including phenoxy) is 5. The Labute approximate surface area is 650 Å². The van der Waals surface area contributed by atoms with Crippen LogP contribution in [-0.2, 0) is 53.1 Å². The lowest BCUT2D eigenvalue weighted by atomic mass is 9.54. The summed E-state index contributed by atoms with van der Waals surface area (Å²) in [7, 11) is -2.09. The van der Waals surface area contributed by atoms with Crippen molar-refractivity contribution in [1.82, 2.24) is 47.3 Å². The number of phenolic OH excluding ortho intramolecular Hbond substituents is 3. The van der Waals surface area contributed by atoms with E-state index in [1.165, 1.54) is 44.5 Å². The fourth-order valence-electron chi connectivity index (χ4n) is 16.2. The monoisotopic (exact) mass is 1610 g/mol. The molecule has 0 spiro atoms. The third-order valence-electron chi connectivity index (χ3n) is 21.6. The average Bonchev–Trinajstić information content (AvgIpc) is 0.757. The summed E-state index contributed by atoms with van der Waals surface area (Å²) in [4.78, 5) is 123. The zero-order valence-corrected chi connectivity index (χ0v) is 62.8. The molecular weight excluding hydrogens is 1520 g/mol. The highest BCUT2D eigenvalue weighted by Gasteiger charge is 2.51. The van der Waals surface area contributed by atoms with Crippen LogP contribution in [0.15, 0.2) is 108 Å². The van der Waals surface area contributed by atoms with Crippen LogP contribution in [0.1, 0.15) is 117 Å². The molecule has 6 heterocycles. The number of amides is 8. The van der Waals surface area contributed by atoms with Crippen molar-refractivity contribution in [3.8, 4) is 62.9 Å². The molecular formula is C76H84Cl2N10O23S. The van der Waals surface area contributed by atoms with Gasteiger partial charge in [-0.25, -0.2) is 13.1 Å². The normalized spacial score (nSPS) is 28.5. The first-order valence-electron chi connectivity index (χ1n) is 36.2. The maximum absolute atomic E-state index is 16.4. The second kappa shape index (κ2) is 32.5. The van der Waals surface area contributed by atoms with Gasteiger partial charge in [0.15, 0.2) is 11.5 Å². The van der Waals surface area contributed by atoms with Gasteiger partial charge in [0.1, 0.15) is 107 Å². The van der Waals surface area contributed by atoms with Gasteiger partial charge >= 0.3 is 0 Å². The molecule has 4 saturated carbocycles. The molecule has 6 aromatic rings. The summed E-state index contributed by atoms with van der Waals surface area (Å²) in [6.07, 6.45) is -10.5. The van der Waals surface area contributed by atoms with E-state index in [0.29, 0.717) is 11.8 Å². The highest BCUT2D eigenvalue weighted by molar-refractivity contribution is 7.90. The van der Waals surface area contributed by atoms with Crippen LogP contribution in [0.25, 0.3) is 11.1 Å². The van der Waals surface area contributed by atoms with Gasteiger partial charge in [0, 0.05) is 29.8 Å². The van der Waals surface area contributed by atoms with E-state index < -0.39 is 205 Å². The van der Waals surface area contributed by atoms with Crippen LogP contribution in [0.5, 0.6) is 51.7 Å². The molecule has 4 aliphatic carbocycles. The number of methoxy groups -OCH3 is 1. The van der Waals surface area contributed by atoms with Crippen molar-refractivity contribution in [1.29, 1.82) is 0 Å². The van der Waals surface area contributed by atoms with Gasteiger partial charge in [-0.2, -0.15) is 0 Å². The Morgan fingerprint density at radius 2 is 1.23 bits per heavy atom. The van der Waals surface area contributed by atoms with E-state index in [1.54, 1.807) is 13.8 Å². The van der Waals surface area contributed by atoms with Crippen LogP contribution in [-0.4, -0.2) is 178 Å². The van der Waals surface area contributed by atoms with Crippen LogP contribution >= 0.6 is 23.2 Å². The van der Waals surface area contributed by atoms with Gasteiger partial charge in [0.05, 0.1) is 34.5 Å². The van der Waals surface area contributed by atoms with Crippen LogP contribution < -0.4 is 71.9 Å². The number of carbonyl (C=O) groups is 8. The van der Waals surface area contributed by atoms with Crippen molar-refractivity contribution in [3.63, 3.8) is 0 Å². The Hall–Kier alpha value is -10.1. The average molecular weight is 1610 g/mol. The first-order valence-corrected chi connectivity index (χ1v) is 38.5. The molecule has 596 valence electrons. The third kappa shape index (κ3) is 16.4. The predicted octanol–water partition coefficient (Wildman–Crippen LogP) is 2.72. The first kappa shape index (κ1) is 80.0. The number of carbonyl (C=O) groups excluding carboxylic acids is 8. The fraction of sp³-hybridized carbons (Fsp3) is 0.421. The minimum atomic E-state index is -4.86. The van der Waals surface area contributed by atoms with Gasteiger partial charge in [-0.05, 0) is 182 Å². The van der Waals surface area contributed by atoms with Gasteiger partial charge in [0.25, 0.3) is 10.0 Å². The largest absolute Gasteiger partial charge is 0.508 e. The molecule has 6 aliphatic heterocycles. The van der Waals surface area contributed by atoms with Gasteiger partial charge in [-0.3, -0.25) is 38.4 Å². The number of hydrogen-bond donors (Lipinski definition) is 18. The molecule has 15 bridgehead atoms. The van der Waals surface area contributed by atoms with E-state index in [-0.39, 0.29) is 85.9 Å². The number of halogens is 2. The zero-order chi connectivity index (χ0) is 80.2. The molecule has 112 heavy (non-hydrogen) atoms. The second-order valence-electron chi connectivity index (χ2n) is 29.6. The Morgan fingerprint density at radius 3 is 1.83 bits per heavy atom. The number of rotatable bonds is 15. The quantitative estimate of drug-likeness (QED) is 0.0703. The standard InChI is InChI=1S/C76H84Cl2N10O23S/c1-30(2)15-46(80-3)69(98)86-61-63(93)34-6-13-50(44(77)22-34)108-52-24-38-25-53(68(52)111-76-67(97)66(96)65(95)54(29-79)110-76)109-51-14-7-35(23-45(51)78)64(94)62-75(104)85-60(73(102)82-57-36-17-31-16-32(19-36)20-37(57)18-31)43-26-39(89)27-49(91)56(43)42-21-33(5-12-48(42)90)58(71(100)87-62)84-72(101)59(38)83-70(99)47(81-74(61)103)28-55(92)88-112(105,106)41-10-8-40(107-4)9-11-41/h5-14,21-27,30-32,36-37,46-47,54,57-67,76,80,89-91,93-97H,15-20,28-29,79H2,1-4H3,(H,81,103)(H,82,102)(H,83,99)(H,84,101)(H,85,104)(H,86,98)(H,87,100)(H,88,92)/t31?,32?,36?,37?,46-,47+,54-,57?,58-,59-,60+,61-,62+,63-,64-,65-,66+,67-,76+/m1/s1. The zero-order valence-electron chi connectivity index (χ0n) is 60.5. The van der Waals surface area contributed by atoms with Crippen LogP contribution in [0.2, 0.25) is 10.0 Å². The number of hydrogen-bond acceptors (Lipinski definition) is 25. The molecule has 1 saturated heterocycles. The number of sulfonamides is 1. The van der Waals surface area contributed by atoms with E-state index in [9.17, 15) is 58.9 Å². The number of fused-ring (bicyclic) bond motifs is 15. The predicted molar refractivity (Wildman–Crippen MR) is 395 cm³/mol. The molecule has 8 amide bonds. The highest BCUT2D eigenvalue weighted by Crippen LogP contribution is 2.55. The number of aliphatic hydroxyl groups excluding tert-OH is 5. The Kier molecular flexibility index (Phi) is 23.2. The Bertz CT molecular complexity index is 4800. The van der Waals surface area contributed by atoms with E-state index in [1.807, 2.05) is 4.72 Å². The van der Waals surface area contributed by atoms with Crippen molar-refractivity contribution in [2.24, 2.45) is 35.3 Å². The van der Waals surface area contributed by atoms with E-state index in [4.69, 9.17) is 52.6 Å². The van der Waals surface area contributed by atoms with Gasteiger partial charge in [-0.15, -0.1) is 0 Å². The van der Waals surface area contributed by atoms with Gasteiger partial charge in [0.2, 0.25) is 59.3 Å². The molecule has 19 N–H and O–H groups in total. The van der Waals surface area contributed by atoms with Gasteiger partial charge in [-0.1, -0.05) is 55.2 Å². The molecule has 0 unspecified atom stereocenters. The highest BCUT2D eigenvalue weighted by atomic mass is 35.5. The van der Waals surface area contributed by atoms with Crippen molar-refractivity contribution in [2.45, 2.75) is 155 Å². The summed E-state index contributed by atoms with van der Waals surface area (Å²) in [6, 6.07) is 4.22. The van der Waals surface area contributed by atoms with Crippen molar-refractivity contribution in [2.75, 3.05) is 20.7 Å². The summed E-state index contributed by atoms with van der Waals surface area (Å²) in [5.74, 6) is -13.8. The molecule has 10 aliphatic rings. The number of phenols is 3. The van der Waals surface area contributed by atoms with Crippen LogP contribution in [0.3, 0.4) is 0 Å². The smallest absolute Gasteiger partial charge is 0.264 e. The van der Waals surface area contributed by atoms with Crippen LogP contribution in [0.4, 0.5) is 0 Å². The fourth-order valence-corrected chi connectivity index (χ4v) is 17.6. The van der Waals surface area contributed by atoms with E-state index in [0.717, 1.165) is 105 Å². The van der Waals surface area contributed by atoms with Crippen molar-refractivity contribution < 1.29 is 111 Å². The lowest BCUT2D eigenvalue weighted by Crippen LogP contribution is -2.60. The summed E-state index contributed by atoms with van der Waals surface area (Å²) < 4.78 is 60.5. The number of nitrogens with two attached hydrogens (primary N) is 1. The van der Waals surface area contributed by atoms with E-state index in [2.05, 4.69) is 42.5 Å². The minimum Gasteiger partial charge on any atom is -0.508 e. The number of likely N-dealkylation sites (N-methyl/N-ethyl adjacent to an activating group) is 1. The molecule has 0 radical (unpaired) electrons. The number of aromatic hydroxyl groups is 3. The minimum absolute atomic E-state index is 0.0626. The molecule has 33 nitrogen and oxygen atoms in total. The summed E-state index contributed by atoms with van der Waals surface area (Å²) >= 11 is 14.2. The van der Waals surface area contributed by atoms with Gasteiger partial charge < -0.3 is 113 Å². The summed E-state index contributed by atoms with van der Waals surface area (Å²) in [6.45, 7) is 3.14. The maximum atomic E-state index is 16.4. The Balaban J connectivity index is 1.01. The third-order valence-corrected chi connectivity index (χ3v) is 23.6. The lowest BCUT2D eigenvalue weighted by Gasteiger charge is -2.54. The SMILES string of the molecule is CN[C@H](CC(C)C)C(=O)N[C@H]1C(=O)N[C@@H](CC(=O)NS(=O)(=O)c2ccc(OC)cc2)C(=O)N[C@H]2C(=O)N[C@H]3C(=O)N[C@H](C(=O)N[C@H](C(=O)NC4C5CC6CC(C5)CC4C6)c4cc(O)cc(O)c4-c4cc3ccc4O)[C@H](O)c3ccc(c(Cl)c3)Oc3cc2cc(c3O[C@@H]2O[C@H](CN)[C@@H](O)[C@H](O)[C@H]2O)Oc2ccc(cc2Cl)[C@H]1O. The Morgan fingerprint density at radius 1 is 0.634 bits per heavy atom. The molecule has 5 fully saturated rings. The van der Waals surface area contributed by atoms with Crippen molar-refractivity contribution in [3.05, 3.63) is 141 Å². The number of nitrogens with one attached hydrogen (secondary N) is 9. The molecule has 36 heteroatoms. The molecule has 14 atom stereocenters. The van der Waals surface area contributed by atoms with Crippen molar-refractivity contribution >= 4 is 80.5 Å². The molecule has 16 rings (SSSR count). The first-order chi connectivity index (χ1) is 53.3. The van der Waals surface area contributed by atoms with E-state index >= 15 is 28.8 Å².